The molecule has 11 aromatic carbocycles. The predicted octanol–water partition coefficient (Wildman–Crippen LogP) is -8.74. The molecular formula is C82H75Li8N3O9PS4-. The number of carbonyl (C=O) groups is 1. The van der Waals surface area contributed by atoms with Gasteiger partial charge < -0.3 is 87.6 Å². The van der Waals surface area contributed by atoms with Gasteiger partial charge in [-0.1, -0.05) is 257 Å². The van der Waals surface area contributed by atoms with Gasteiger partial charge in [0, 0.05) is 12.2 Å². The van der Waals surface area contributed by atoms with E-state index in [2.05, 4.69) is 122 Å². The Hall–Kier alpha value is -4.67. The number of thiol groups is 1. The molecule has 0 spiro atoms. The molecule has 12 aromatic rings. The summed E-state index contributed by atoms with van der Waals surface area (Å²) in [5, 5.41) is 21.8. The SMILES string of the molecule is Cc1ccc(C)c(-c2ccc(C(=O)[O-])cc2)c1.Cc1ccc(C)c(-c2ccc(P(=O)([O-])[O-])cc2)c1.Cc1ccc(C)c(-c2ccc(S(=O)(=O)[O-])cc2)c1.Cc1ccc(C)c(-c2ccc([O-])cc2)c1.Cc1ccc(C)c(-c2ccc([S-])cc2)c1.Cc1ccc(C)c(-c2n[c-]nc([S-])n2)c1.[Li+].[Li+].[Li+].[Li+].[Li+].[Li+].[Li+].[Li+].[SH-]. The Morgan fingerprint density at radius 3 is 0.925 bits per heavy atom. The van der Waals surface area contributed by atoms with Crippen LogP contribution in [0, 0.1) is 89.4 Å². The minimum atomic E-state index is -4.65. The quantitative estimate of drug-likeness (QED) is 0.0327. The Labute approximate surface area is 747 Å². The Bertz CT molecular complexity index is 4840. The molecule has 0 aliphatic carbocycles. The molecule has 510 valence electrons. The van der Waals surface area contributed by atoms with Crippen molar-refractivity contribution in [3.63, 3.8) is 0 Å². The normalized spacial score (nSPS) is 9.82. The number of benzene rings is 11. The molecule has 1 heterocycles. The van der Waals surface area contributed by atoms with Crippen molar-refractivity contribution in [2.45, 2.75) is 98.0 Å². The molecule has 0 amide bonds. The van der Waals surface area contributed by atoms with Crippen molar-refractivity contribution in [3.05, 3.63) is 309 Å². The monoisotopic (exact) mass is 1460 g/mol. The Morgan fingerprint density at radius 1 is 0.383 bits per heavy atom. The number of aromatic carboxylic acids is 1. The minimum absolute atomic E-state index is 0. The fourth-order valence-electron chi connectivity index (χ4n) is 10.3. The van der Waals surface area contributed by atoms with E-state index >= 15 is 0 Å². The number of carbonyl (C=O) groups excluding carboxylic acids is 1. The molecule has 12 rings (SSSR count). The molecule has 0 aliphatic rings. The van der Waals surface area contributed by atoms with Gasteiger partial charge in [-0.2, -0.15) is 4.90 Å². The van der Waals surface area contributed by atoms with E-state index in [1.165, 1.54) is 79.9 Å². The van der Waals surface area contributed by atoms with Gasteiger partial charge in [-0.15, -0.1) is 10.9 Å². The van der Waals surface area contributed by atoms with Crippen LogP contribution in [0.15, 0.2) is 245 Å². The van der Waals surface area contributed by atoms with Gasteiger partial charge in [0.15, 0.2) is 0 Å². The van der Waals surface area contributed by atoms with Crippen molar-refractivity contribution in [3.8, 4) is 72.8 Å². The second kappa shape index (κ2) is 50.4. The maximum Gasteiger partial charge on any atom is 1.00 e. The van der Waals surface area contributed by atoms with Gasteiger partial charge in [0.25, 0.3) is 0 Å². The first kappa shape index (κ1) is 106. The van der Waals surface area contributed by atoms with Crippen LogP contribution in [0.25, 0.3) is 67.0 Å². The molecule has 0 saturated carbocycles. The van der Waals surface area contributed by atoms with Crippen LogP contribution < -0.4 is 176 Å². The smallest absolute Gasteiger partial charge is 0.872 e. The van der Waals surface area contributed by atoms with Crippen LogP contribution in [0.2, 0.25) is 0 Å². The average Bonchev–Trinajstić information content (AvgIpc) is 0.471. The molecule has 1 aromatic heterocycles. The molecule has 0 aliphatic heterocycles. The number of nitrogens with zero attached hydrogens (tertiary/aromatic N) is 3. The molecule has 0 radical (unpaired) electrons. The van der Waals surface area contributed by atoms with E-state index < -0.39 is 23.7 Å². The maximum absolute atomic E-state index is 11.0. The largest absolute Gasteiger partial charge is 1.00 e. The Kier molecular flexibility index (Phi) is 50.1. The van der Waals surface area contributed by atoms with Crippen LogP contribution in [0.4, 0.5) is 0 Å². The number of rotatable bonds is 9. The van der Waals surface area contributed by atoms with Crippen LogP contribution >= 0.6 is 7.60 Å². The van der Waals surface area contributed by atoms with Crippen LogP contribution in [-0.2, 0) is 53.4 Å². The summed E-state index contributed by atoms with van der Waals surface area (Å²) in [6.07, 6.45) is 2.51. The van der Waals surface area contributed by atoms with E-state index in [0.717, 1.165) is 77.2 Å². The summed E-state index contributed by atoms with van der Waals surface area (Å²) in [7, 11) is -9.02. The first-order valence-corrected chi connectivity index (χ1v) is 34.9. The molecule has 0 atom stereocenters. The van der Waals surface area contributed by atoms with E-state index in [0.29, 0.717) is 5.82 Å². The van der Waals surface area contributed by atoms with E-state index in [4.69, 9.17) is 25.3 Å². The second-order valence-corrected chi connectivity index (χ2v) is 27.6. The topological polar surface area (TPSA) is 222 Å². The van der Waals surface area contributed by atoms with Gasteiger partial charge in [-0.3, -0.25) is 0 Å². The fraction of sp³-hybridized carbons (Fsp3) is 0.146. The number of hydrogen-bond acceptors (Lipinski definition) is 15. The molecule has 12 nitrogen and oxygen atoms in total. The Balaban J connectivity index is -0.00000119. The van der Waals surface area contributed by atoms with Crippen LogP contribution in [0.5, 0.6) is 5.75 Å². The number of hydrogen-bond donors (Lipinski definition) is 0. The summed E-state index contributed by atoms with van der Waals surface area (Å²) in [5.41, 5.74) is 26.3. The minimum Gasteiger partial charge on any atom is -0.872 e. The number of carboxylic acid groups (broad SMARTS) is 1. The maximum atomic E-state index is 11.0. The molecule has 107 heavy (non-hydrogen) atoms. The Morgan fingerprint density at radius 2 is 0.645 bits per heavy atom. The van der Waals surface area contributed by atoms with Crippen molar-refractivity contribution in [1.82, 2.24) is 15.0 Å². The van der Waals surface area contributed by atoms with Crippen molar-refractivity contribution in [2.24, 2.45) is 0 Å². The van der Waals surface area contributed by atoms with Gasteiger partial charge in [0.1, 0.15) is 10.1 Å². The van der Waals surface area contributed by atoms with E-state index in [9.17, 15) is 42.3 Å². The summed E-state index contributed by atoms with van der Waals surface area (Å²) in [4.78, 5) is 44.9. The molecule has 0 fully saturated rings. The van der Waals surface area contributed by atoms with Gasteiger partial charge >= 0.3 is 151 Å². The zero-order chi connectivity index (χ0) is 71.6. The number of carboxylic acids is 1. The zero-order valence-corrected chi connectivity index (χ0v) is 69.3. The van der Waals surface area contributed by atoms with E-state index in [-0.39, 0.29) is 191 Å². The van der Waals surface area contributed by atoms with Gasteiger partial charge in [-0.25, -0.2) is 8.42 Å². The van der Waals surface area contributed by atoms with Crippen LogP contribution in [-0.4, -0.2) is 33.9 Å². The molecule has 25 heteroatoms. The predicted molar refractivity (Wildman–Crippen MR) is 399 cm³/mol. The zero-order valence-electron chi connectivity index (χ0n) is 65.1. The summed E-state index contributed by atoms with van der Waals surface area (Å²) in [5.74, 6) is -0.488. The van der Waals surface area contributed by atoms with E-state index in [1.807, 2.05) is 140 Å². The summed E-state index contributed by atoms with van der Waals surface area (Å²) >= 11 is 9.96. The average molecular weight is 1460 g/mol. The van der Waals surface area contributed by atoms with Gasteiger partial charge in [0.05, 0.1) is 10.9 Å². The first-order valence-electron chi connectivity index (χ1n) is 31.1. The number of aromatic nitrogens is 3. The molecule has 0 saturated heterocycles. The molecule has 0 bridgehead atoms. The standard InChI is InChI=1S/C15H14O2.C14H15O3P.C14H14O3S.C14H14O.C14H14S.C11H10N3S.8Li.H2S/c1-10-3-4-11(2)14(9-10)12-5-7-13(8-6-12)15(16)17;2*1-10-3-4-11(2)14(9-10)12-5-7-13(8-6-12)18(15,16)17;2*1-10-3-4-11(2)14(9-10)12-5-7-13(15)8-6-12;1-7-3-4-8(2)9(5-7)10-12-6-13-11(15)14-10;;;;;;;;;/h3-9H,1-2H3,(H,16,17);3-9H,1-2H3,(H2,15,16,17);3-9H,1-2H3,(H,15,16,17);2*3-9,15H,1-2H3;3-5H,1-2H3,(H,12,13,14,15);;;;;;;;;1H2/q;;;;;-1;8*+1;/p-8. The third kappa shape index (κ3) is 33.3. The van der Waals surface area contributed by atoms with Crippen molar-refractivity contribution in [2.75, 3.05) is 0 Å². The third-order valence-corrected chi connectivity index (χ3v) is 18.0. The van der Waals surface area contributed by atoms with Gasteiger partial charge in [-0.05, 0) is 203 Å². The summed E-state index contributed by atoms with van der Waals surface area (Å²) < 4.78 is 43.4. The second-order valence-electron chi connectivity index (χ2n) is 23.9. The van der Waals surface area contributed by atoms with Gasteiger partial charge in [0.2, 0.25) is 0 Å². The molecule has 0 N–H and O–H groups in total. The first-order chi connectivity index (χ1) is 46.3. The molecule has 0 unspecified atom stereocenters. The van der Waals surface area contributed by atoms with Crippen molar-refractivity contribution >= 4 is 67.7 Å². The third-order valence-electron chi connectivity index (χ3n) is 15.8. The van der Waals surface area contributed by atoms with E-state index in [1.54, 1.807) is 48.5 Å². The number of aryl methyl sites for hydroxylation is 12. The van der Waals surface area contributed by atoms with Crippen molar-refractivity contribution < 1.29 is 193 Å². The summed E-state index contributed by atoms with van der Waals surface area (Å²) in [6, 6.07) is 71.3. The fourth-order valence-corrected chi connectivity index (χ4v) is 11.5. The van der Waals surface area contributed by atoms with Crippen LogP contribution in [0.1, 0.15) is 77.1 Å². The molecular weight excluding hydrogens is 1390 g/mol. The summed E-state index contributed by atoms with van der Waals surface area (Å²) in [6.45, 7) is 24.5. The van der Waals surface area contributed by atoms with Crippen LogP contribution in [0.3, 0.4) is 0 Å². The van der Waals surface area contributed by atoms with Crippen molar-refractivity contribution in [1.29, 1.82) is 0 Å².